The fourth-order valence-corrected chi connectivity index (χ4v) is 3.13. The molecule has 6 nitrogen and oxygen atoms in total. The van der Waals surface area contributed by atoms with Gasteiger partial charge in [-0.3, -0.25) is 0 Å². The van der Waals surface area contributed by atoms with E-state index in [4.69, 9.17) is 9.47 Å². The van der Waals surface area contributed by atoms with Crippen molar-refractivity contribution in [3.63, 3.8) is 0 Å². The third kappa shape index (κ3) is 2.28. The van der Waals surface area contributed by atoms with Gasteiger partial charge in [0.1, 0.15) is 12.2 Å². The number of ether oxygens (including phenoxy) is 2. The number of benzene rings is 2. The van der Waals surface area contributed by atoms with Crippen LogP contribution in [0.25, 0.3) is 11.1 Å². The van der Waals surface area contributed by atoms with Crippen molar-refractivity contribution in [2.75, 3.05) is 14.2 Å². The topological polar surface area (TPSA) is 93.1 Å². The summed E-state index contributed by atoms with van der Waals surface area (Å²) in [5, 5.41) is 21.1. The van der Waals surface area contributed by atoms with Gasteiger partial charge in [0.25, 0.3) is 0 Å². The quantitative estimate of drug-likeness (QED) is 0.819. The van der Waals surface area contributed by atoms with Gasteiger partial charge in [0.2, 0.25) is 0 Å². The second-order valence-electron chi connectivity index (χ2n) is 5.41. The zero-order valence-electron chi connectivity index (χ0n) is 13.1. The zero-order valence-corrected chi connectivity index (χ0v) is 13.1. The summed E-state index contributed by atoms with van der Waals surface area (Å²) in [7, 11) is 2.49. The van der Waals surface area contributed by atoms with Crippen molar-refractivity contribution in [3.8, 4) is 11.1 Å². The third-order valence-corrected chi connectivity index (χ3v) is 4.20. The lowest BCUT2D eigenvalue weighted by Crippen LogP contribution is -2.23. The van der Waals surface area contributed by atoms with Crippen LogP contribution in [0.1, 0.15) is 44.1 Å². The van der Waals surface area contributed by atoms with Crippen molar-refractivity contribution in [2.24, 2.45) is 0 Å². The van der Waals surface area contributed by atoms with Crippen LogP contribution < -0.4 is 0 Å². The smallest absolute Gasteiger partial charge is 0.338 e. The molecule has 1 aliphatic carbocycles. The number of fused-ring (bicyclic) bond motifs is 3. The number of esters is 2. The van der Waals surface area contributed by atoms with Gasteiger partial charge >= 0.3 is 11.9 Å². The Morgan fingerprint density at radius 1 is 0.792 bits per heavy atom. The molecule has 2 aromatic carbocycles. The number of hydrogen-bond donors (Lipinski definition) is 2. The van der Waals surface area contributed by atoms with Crippen LogP contribution in [0.15, 0.2) is 36.4 Å². The molecule has 0 saturated heterocycles. The van der Waals surface area contributed by atoms with E-state index in [1.54, 1.807) is 24.3 Å². The lowest BCUT2D eigenvalue weighted by Gasteiger charge is -2.31. The highest BCUT2D eigenvalue weighted by Crippen LogP contribution is 2.47. The van der Waals surface area contributed by atoms with E-state index in [2.05, 4.69) is 0 Å². The Balaban J connectivity index is 2.32. The van der Waals surface area contributed by atoms with Crippen molar-refractivity contribution in [1.82, 2.24) is 0 Å². The van der Waals surface area contributed by atoms with Gasteiger partial charge in [0.05, 0.1) is 25.3 Å². The fraction of sp³-hybridized carbons (Fsp3) is 0.222. The molecule has 0 saturated carbocycles. The summed E-state index contributed by atoms with van der Waals surface area (Å²) >= 11 is 0. The van der Waals surface area contributed by atoms with Crippen molar-refractivity contribution in [1.29, 1.82) is 0 Å². The maximum absolute atomic E-state index is 12.0. The Morgan fingerprint density at radius 3 is 1.50 bits per heavy atom. The number of hydrogen-bond acceptors (Lipinski definition) is 6. The Labute approximate surface area is 138 Å². The lowest BCUT2D eigenvalue weighted by atomic mass is 9.78. The van der Waals surface area contributed by atoms with E-state index >= 15 is 0 Å². The Bertz CT molecular complexity index is 757. The van der Waals surface area contributed by atoms with E-state index < -0.39 is 24.1 Å². The van der Waals surface area contributed by atoms with Crippen molar-refractivity contribution in [3.05, 3.63) is 58.7 Å². The minimum atomic E-state index is -1.37. The van der Waals surface area contributed by atoms with E-state index in [1.807, 2.05) is 0 Å². The minimum Gasteiger partial charge on any atom is -0.465 e. The maximum atomic E-state index is 12.0. The normalized spacial score (nSPS) is 18.3. The van der Waals surface area contributed by atoms with Crippen LogP contribution in [-0.4, -0.2) is 36.4 Å². The summed E-state index contributed by atoms with van der Waals surface area (Å²) in [4.78, 5) is 24.0. The Morgan fingerprint density at radius 2 is 1.17 bits per heavy atom. The van der Waals surface area contributed by atoms with Gasteiger partial charge < -0.3 is 19.7 Å². The second-order valence-corrected chi connectivity index (χ2v) is 5.41. The first-order valence-electron chi connectivity index (χ1n) is 7.30. The summed E-state index contributed by atoms with van der Waals surface area (Å²) in [6, 6.07) is 9.80. The number of carbonyl (C=O) groups excluding carboxylic acids is 2. The van der Waals surface area contributed by atoms with E-state index in [0.29, 0.717) is 11.1 Å². The predicted molar refractivity (Wildman–Crippen MR) is 84.5 cm³/mol. The number of aliphatic hydroxyl groups is 2. The molecule has 0 radical (unpaired) electrons. The van der Waals surface area contributed by atoms with Crippen LogP contribution in [-0.2, 0) is 9.47 Å². The average Bonchev–Trinajstić information content (AvgIpc) is 2.63. The summed E-state index contributed by atoms with van der Waals surface area (Å²) < 4.78 is 9.49. The summed E-state index contributed by atoms with van der Waals surface area (Å²) in [5.74, 6) is -1.21. The van der Waals surface area contributed by atoms with E-state index in [9.17, 15) is 19.8 Å². The van der Waals surface area contributed by atoms with Gasteiger partial charge in [-0.2, -0.15) is 0 Å². The molecule has 0 bridgehead atoms. The molecule has 2 N–H and O–H groups in total. The highest BCUT2D eigenvalue weighted by molar-refractivity contribution is 5.98. The van der Waals surface area contributed by atoms with Gasteiger partial charge in [-0.15, -0.1) is 0 Å². The van der Waals surface area contributed by atoms with Gasteiger partial charge in [-0.1, -0.05) is 24.3 Å². The SMILES string of the molecule is COC(=O)c1cccc2c1[C@@H](O)[C@H](O)c1c(C(=O)OC)cccc1-2. The van der Waals surface area contributed by atoms with Crippen LogP contribution in [0.2, 0.25) is 0 Å². The van der Waals surface area contributed by atoms with Gasteiger partial charge in [-0.25, -0.2) is 9.59 Å². The van der Waals surface area contributed by atoms with E-state index in [0.717, 1.165) is 0 Å². The molecule has 2 atom stereocenters. The number of methoxy groups -OCH3 is 2. The molecule has 1 aliphatic rings. The Hall–Kier alpha value is -2.70. The summed E-state index contributed by atoms with van der Waals surface area (Å²) in [6.07, 6.45) is -2.73. The molecule has 24 heavy (non-hydrogen) atoms. The average molecular weight is 328 g/mol. The molecule has 6 heteroatoms. The molecule has 0 aliphatic heterocycles. The van der Waals surface area contributed by atoms with Crippen LogP contribution in [0, 0.1) is 0 Å². The lowest BCUT2D eigenvalue weighted by molar-refractivity contribution is 0.0132. The fourth-order valence-electron chi connectivity index (χ4n) is 3.13. The molecule has 0 unspecified atom stereocenters. The van der Waals surface area contributed by atoms with E-state index in [1.165, 1.54) is 26.4 Å². The van der Waals surface area contributed by atoms with Crippen LogP contribution in [0.5, 0.6) is 0 Å². The first kappa shape index (κ1) is 16.2. The monoisotopic (exact) mass is 328 g/mol. The highest BCUT2D eigenvalue weighted by atomic mass is 16.5. The standard InChI is InChI=1S/C18H16O6/c1-23-17(21)11-7-3-5-9-10-6-4-8-12(18(22)24-2)14(10)16(20)15(19)13(9)11/h3-8,15-16,19-20H,1-2H3/t15-,16-/m1/s1. The first-order chi connectivity index (χ1) is 11.5. The summed E-state index contributed by atoms with van der Waals surface area (Å²) in [5.41, 5.74) is 2.05. The van der Waals surface area contributed by atoms with Gasteiger partial charge in [0, 0.05) is 11.1 Å². The molecule has 0 spiro atoms. The predicted octanol–water partition coefficient (Wildman–Crippen LogP) is 2.01. The molecular formula is C18H16O6. The van der Waals surface area contributed by atoms with Crippen LogP contribution in [0.4, 0.5) is 0 Å². The number of carbonyl (C=O) groups is 2. The number of rotatable bonds is 2. The van der Waals surface area contributed by atoms with Crippen LogP contribution in [0.3, 0.4) is 0 Å². The van der Waals surface area contributed by atoms with Crippen molar-refractivity contribution < 1.29 is 29.3 Å². The maximum Gasteiger partial charge on any atom is 0.338 e. The molecule has 0 amide bonds. The van der Waals surface area contributed by atoms with Crippen LogP contribution >= 0.6 is 0 Å². The second kappa shape index (κ2) is 6.07. The molecule has 0 aromatic heterocycles. The molecule has 3 rings (SSSR count). The zero-order chi connectivity index (χ0) is 17.4. The minimum absolute atomic E-state index is 0.177. The molecule has 2 aromatic rings. The number of aliphatic hydroxyl groups excluding tert-OH is 2. The third-order valence-electron chi connectivity index (χ3n) is 4.20. The molecule has 124 valence electrons. The Kier molecular flexibility index (Phi) is 4.09. The largest absolute Gasteiger partial charge is 0.465 e. The van der Waals surface area contributed by atoms with Gasteiger partial charge in [-0.05, 0) is 23.3 Å². The highest BCUT2D eigenvalue weighted by Gasteiger charge is 2.37. The van der Waals surface area contributed by atoms with Crippen molar-refractivity contribution in [2.45, 2.75) is 12.2 Å². The van der Waals surface area contributed by atoms with E-state index in [-0.39, 0.29) is 22.3 Å². The summed E-state index contributed by atoms with van der Waals surface area (Å²) in [6.45, 7) is 0. The van der Waals surface area contributed by atoms with Gasteiger partial charge in [0.15, 0.2) is 0 Å². The molecular weight excluding hydrogens is 312 g/mol. The van der Waals surface area contributed by atoms with Crippen molar-refractivity contribution >= 4 is 11.9 Å². The molecule has 0 heterocycles. The molecule has 0 fully saturated rings. The first-order valence-corrected chi connectivity index (χ1v) is 7.30.